The first kappa shape index (κ1) is 18.0. The molecule has 0 aromatic carbocycles. The van der Waals surface area contributed by atoms with Gasteiger partial charge in [-0.25, -0.2) is 0 Å². The van der Waals surface area contributed by atoms with Crippen LogP contribution in [0.5, 0.6) is 0 Å². The van der Waals surface area contributed by atoms with Gasteiger partial charge in [0, 0.05) is 36.5 Å². The lowest BCUT2D eigenvalue weighted by Gasteiger charge is -2.21. The summed E-state index contributed by atoms with van der Waals surface area (Å²) in [6.07, 6.45) is 0. The molecule has 0 amide bonds. The van der Waals surface area contributed by atoms with Crippen LogP contribution in [-0.4, -0.2) is 50.1 Å². The second-order valence-corrected chi connectivity index (χ2v) is 6.62. The van der Waals surface area contributed by atoms with E-state index in [-0.39, 0.29) is 0 Å². The number of rotatable bonds is 8. The minimum atomic E-state index is 0.471. The molecule has 1 aromatic rings. The zero-order chi connectivity index (χ0) is 15.7. The number of likely N-dealkylation sites (N-methyl/N-ethyl adjacent to an activating group) is 1. The largest absolute Gasteiger partial charge is 0.357 e. The van der Waals surface area contributed by atoms with Gasteiger partial charge in [0.15, 0.2) is 5.96 Å². The number of thiophene rings is 1. The van der Waals surface area contributed by atoms with Crippen LogP contribution >= 0.6 is 11.3 Å². The van der Waals surface area contributed by atoms with Gasteiger partial charge in [0.05, 0.1) is 6.54 Å². The number of nitrogens with one attached hydrogen (secondary N) is 2. The fraction of sp³-hybridized carbons (Fsp3) is 0.688. The minimum Gasteiger partial charge on any atom is -0.357 e. The molecule has 1 rings (SSSR count). The summed E-state index contributed by atoms with van der Waals surface area (Å²) in [6.45, 7) is 12.4. The molecule has 5 heteroatoms. The van der Waals surface area contributed by atoms with Crippen LogP contribution in [0.4, 0.5) is 0 Å². The second kappa shape index (κ2) is 9.79. The van der Waals surface area contributed by atoms with Crippen molar-refractivity contribution in [1.82, 2.24) is 15.5 Å². The zero-order valence-electron chi connectivity index (χ0n) is 14.0. The first-order chi connectivity index (χ1) is 10.0. The minimum absolute atomic E-state index is 0.471. The molecule has 2 N–H and O–H groups in total. The number of hydrogen-bond donors (Lipinski definition) is 2. The Morgan fingerprint density at radius 3 is 2.67 bits per heavy atom. The second-order valence-electron chi connectivity index (χ2n) is 5.64. The van der Waals surface area contributed by atoms with Crippen LogP contribution in [-0.2, 0) is 0 Å². The van der Waals surface area contributed by atoms with Gasteiger partial charge in [-0.3, -0.25) is 4.99 Å². The van der Waals surface area contributed by atoms with Gasteiger partial charge in [-0.15, -0.1) is 11.3 Å². The van der Waals surface area contributed by atoms with E-state index < -0.39 is 0 Å². The summed E-state index contributed by atoms with van der Waals surface area (Å²) in [6, 6.07) is 4.86. The van der Waals surface area contributed by atoms with Gasteiger partial charge in [-0.05, 0) is 39.3 Å². The predicted octanol–water partition coefficient (Wildman–Crippen LogP) is 2.75. The summed E-state index contributed by atoms with van der Waals surface area (Å²) >= 11 is 1.80. The van der Waals surface area contributed by atoms with E-state index >= 15 is 0 Å². The van der Waals surface area contributed by atoms with Crippen molar-refractivity contribution in [3.8, 4) is 0 Å². The normalized spacial score (nSPS) is 13.8. The van der Waals surface area contributed by atoms with Crippen LogP contribution in [0.3, 0.4) is 0 Å². The molecule has 1 unspecified atom stereocenters. The standard InChI is InChI=1S/C16H30N4S/c1-6-17-16(18-9-10-20(5)13(2)3)19-12-14(4)15-8-7-11-21-15/h7-8,11,13-14H,6,9-10,12H2,1-5H3,(H2,17,18,19). The quantitative estimate of drug-likeness (QED) is 0.573. The number of nitrogens with zero attached hydrogens (tertiary/aromatic N) is 2. The Bertz CT molecular complexity index is 400. The third-order valence-corrected chi connectivity index (χ3v) is 4.64. The predicted molar refractivity (Wildman–Crippen MR) is 94.5 cm³/mol. The topological polar surface area (TPSA) is 39.7 Å². The summed E-state index contributed by atoms with van der Waals surface area (Å²) in [7, 11) is 2.15. The van der Waals surface area contributed by atoms with E-state index in [1.807, 2.05) is 0 Å². The van der Waals surface area contributed by atoms with Crippen molar-refractivity contribution in [2.24, 2.45) is 4.99 Å². The highest BCUT2D eigenvalue weighted by atomic mass is 32.1. The molecule has 0 aliphatic rings. The Morgan fingerprint density at radius 2 is 2.10 bits per heavy atom. The molecule has 0 saturated carbocycles. The molecule has 0 spiro atoms. The molecule has 0 bridgehead atoms. The average Bonchev–Trinajstić information content (AvgIpc) is 2.98. The van der Waals surface area contributed by atoms with Gasteiger partial charge in [0.2, 0.25) is 0 Å². The average molecular weight is 311 g/mol. The van der Waals surface area contributed by atoms with Crippen LogP contribution in [0, 0.1) is 0 Å². The first-order valence-corrected chi connectivity index (χ1v) is 8.68. The SMILES string of the molecule is CCNC(=NCC(C)c1cccs1)NCCN(C)C(C)C. The molecule has 0 fully saturated rings. The van der Waals surface area contributed by atoms with Gasteiger partial charge in [0.1, 0.15) is 0 Å². The fourth-order valence-corrected chi connectivity index (χ4v) is 2.62. The van der Waals surface area contributed by atoms with Crippen molar-refractivity contribution in [3.05, 3.63) is 22.4 Å². The molecule has 0 aliphatic carbocycles. The van der Waals surface area contributed by atoms with Crippen LogP contribution in [0.15, 0.2) is 22.5 Å². The maximum Gasteiger partial charge on any atom is 0.191 e. The van der Waals surface area contributed by atoms with Crippen molar-refractivity contribution >= 4 is 17.3 Å². The summed E-state index contributed by atoms with van der Waals surface area (Å²) in [5, 5.41) is 8.84. The summed E-state index contributed by atoms with van der Waals surface area (Å²) in [5.74, 6) is 1.39. The number of hydrogen-bond acceptors (Lipinski definition) is 3. The van der Waals surface area contributed by atoms with Gasteiger partial charge in [0.25, 0.3) is 0 Å². The molecule has 1 atom stereocenters. The molecule has 120 valence electrons. The molecular formula is C16H30N4S. The van der Waals surface area contributed by atoms with E-state index in [4.69, 9.17) is 4.99 Å². The molecule has 1 heterocycles. The van der Waals surface area contributed by atoms with E-state index in [0.717, 1.165) is 32.1 Å². The Balaban J connectivity index is 2.42. The van der Waals surface area contributed by atoms with Gasteiger partial charge >= 0.3 is 0 Å². The molecule has 4 nitrogen and oxygen atoms in total. The van der Waals surface area contributed by atoms with Gasteiger partial charge in [-0.1, -0.05) is 13.0 Å². The van der Waals surface area contributed by atoms with Gasteiger partial charge < -0.3 is 15.5 Å². The Hall–Kier alpha value is -1.07. The Morgan fingerprint density at radius 1 is 1.33 bits per heavy atom. The Labute approximate surface area is 133 Å². The van der Waals surface area contributed by atoms with E-state index in [0.29, 0.717) is 12.0 Å². The van der Waals surface area contributed by atoms with Crippen molar-refractivity contribution in [3.63, 3.8) is 0 Å². The number of aliphatic imine (C=N–C) groups is 1. The fourth-order valence-electron chi connectivity index (χ4n) is 1.84. The smallest absolute Gasteiger partial charge is 0.191 e. The number of guanidine groups is 1. The van der Waals surface area contributed by atoms with E-state index in [2.05, 4.69) is 67.8 Å². The van der Waals surface area contributed by atoms with Crippen molar-refractivity contribution in [2.45, 2.75) is 39.7 Å². The molecule has 0 aliphatic heterocycles. The van der Waals surface area contributed by atoms with E-state index in [1.54, 1.807) is 11.3 Å². The van der Waals surface area contributed by atoms with Crippen LogP contribution < -0.4 is 10.6 Å². The highest BCUT2D eigenvalue weighted by Gasteiger charge is 2.07. The lowest BCUT2D eigenvalue weighted by Crippen LogP contribution is -2.42. The van der Waals surface area contributed by atoms with Crippen LogP contribution in [0.2, 0.25) is 0 Å². The maximum absolute atomic E-state index is 4.69. The molecular weight excluding hydrogens is 280 g/mol. The summed E-state index contributed by atoms with van der Waals surface area (Å²) in [5.41, 5.74) is 0. The lowest BCUT2D eigenvalue weighted by atomic mass is 10.1. The third-order valence-electron chi connectivity index (χ3n) is 3.53. The highest BCUT2D eigenvalue weighted by Crippen LogP contribution is 2.20. The summed E-state index contributed by atoms with van der Waals surface area (Å²) < 4.78 is 0. The van der Waals surface area contributed by atoms with Crippen LogP contribution in [0.1, 0.15) is 38.5 Å². The highest BCUT2D eigenvalue weighted by molar-refractivity contribution is 7.10. The molecule has 21 heavy (non-hydrogen) atoms. The Kier molecular flexibility index (Phi) is 8.38. The zero-order valence-corrected chi connectivity index (χ0v) is 14.8. The monoisotopic (exact) mass is 310 g/mol. The van der Waals surface area contributed by atoms with Gasteiger partial charge in [-0.2, -0.15) is 0 Å². The summed E-state index contributed by atoms with van der Waals surface area (Å²) in [4.78, 5) is 8.42. The lowest BCUT2D eigenvalue weighted by molar-refractivity contribution is 0.278. The molecule has 0 saturated heterocycles. The van der Waals surface area contributed by atoms with Crippen molar-refractivity contribution in [2.75, 3.05) is 33.2 Å². The van der Waals surface area contributed by atoms with Crippen molar-refractivity contribution < 1.29 is 0 Å². The van der Waals surface area contributed by atoms with E-state index in [9.17, 15) is 0 Å². The molecule has 1 aromatic heterocycles. The molecule has 0 radical (unpaired) electrons. The maximum atomic E-state index is 4.69. The first-order valence-electron chi connectivity index (χ1n) is 7.80. The van der Waals surface area contributed by atoms with Crippen LogP contribution in [0.25, 0.3) is 0 Å². The third kappa shape index (κ3) is 6.96. The van der Waals surface area contributed by atoms with Crippen molar-refractivity contribution in [1.29, 1.82) is 0 Å². The van der Waals surface area contributed by atoms with E-state index in [1.165, 1.54) is 4.88 Å².